The van der Waals surface area contributed by atoms with Gasteiger partial charge in [-0.3, -0.25) is 24.6 Å². The summed E-state index contributed by atoms with van der Waals surface area (Å²) in [4.78, 5) is 41.6. The van der Waals surface area contributed by atoms with Crippen LogP contribution in [0.3, 0.4) is 0 Å². The lowest BCUT2D eigenvalue weighted by atomic mass is 9.68. The fourth-order valence-corrected chi connectivity index (χ4v) is 6.76. The van der Waals surface area contributed by atoms with Gasteiger partial charge in [-0.2, -0.15) is 0 Å². The molecule has 1 N–H and O–H groups in total. The van der Waals surface area contributed by atoms with E-state index in [1.54, 1.807) is 12.1 Å². The molecule has 0 bridgehead atoms. The molecule has 2 fully saturated rings. The van der Waals surface area contributed by atoms with Crippen LogP contribution in [-0.2, 0) is 10.3 Å². The van der Waals surface area contributed by atoms with Crippen molar-refractivity contribution in [3.05, 3.63) is 105 Å². The smallest absolute Gasteiger partial charge is 0.269 e. The topological polar surface area (TPSA) is 92.5 Å². The number of nitrogens with one attached hydrogen (secondary N) is 1. The van der Waals surface area contributed by atoms with E-state index in [0.717, 1.165) is 40.8 Å². The fourth-order valence-electron chi connectivity index (χ4n) is 6.76. The van der Waals surface area contributed by atoms with E-state index in [1.807, 2.05) is 56.3 Å². The molecular formula is C29H27N3O4. The second-order valence-corrected chi connectivity index (χ2v) is 10.3. The number of aryl methyl sites for hydroxylation is 2. The first-order valence-corrected chi connectivity index (χ1v) is 12.4. The summed E-state index contributed by atoms with van der Waals surface area (Å²) >= 11 is 0. The Morgan fingerprint density at radius 1 is 1.03 bits per heavy atom. The molecule has 7 heteroatoms. The molecule has 0 radical (unpaired) electrons. The van der Waals surface area contributed by atoms with Gasteiger partial charge >= 0.3 is 0 Å². The molecule has 6 rings (SSSR count). The Bertz CT molecular complexity index is 1400. The molecule has 0 aromatic heterocycles. The Kier molecular flexibility index (Phi) is 5.09. The number of fused-ring (bicyclic) bond motifs is 4. The summed E-state index contributed by atoms with van der Waals surface area (Å²) in [5, 5.41) is 14.4. The van der Waals surface area contributed by atoms with Gasteiger partial charge in [0.2, 0.25) is 5.91 Å². The van der Waals surface area contributed by atoms with Crippen LogP contribution in [0.1, 0.15) is 51.4 Å². The maximum Gasteiger partial charge on any atom is 0.269 e. The molecule has 4 atom stereocenters. The largest absolute Gasteiger partial charge is 0.324 e. The molecule has 1 spiro atoms. The standard InChI is InChI=1S/C29H27N3O4/c1-17-5-8-20(9-6-17)27(33)26-25(19-10-12-21(13-11-19)32(35)36)24-4-3-15-31(24)29(26)22-16-18(2)7-14-23(22)30-28(29)34/h5-14,16,24-26H,3-4,15H2,1-2H3,(H,30,34)/t24?,25?,26?,29-/m1/s1. The average molecular weight is 482 g/mol. The predicted molar refractivity (Wildman–Crippen MR) is 136 cm³/mol. The van der Waals surface area contributed by atoms with E-state index < -0.39 is 16.4 Å². The maximum atomic E-state index is 14.4. The van der Waals surface area contributed by atoms with Crippen LogP contribution in [0.25, 0.3) is 0 Å². The molecule has 3 aromatic carbocycles. The maximum absolute atomic E-state index is 14.4. The lowest BCUT2D eigenvalue weighted by molar-refractivity contribution is -0.384. The molecule has 3 unspecified atom stereocenters. The normalized spacial score (nSPS) is 26.6. The second kappa shape index (κ2) is 8.10. The number of nitro groups is 1. The lowest BCUT2D eigenvalue weighted by Crippen LogP contribution is -2.52. The van der Waals surface area contributed by atoms with Crippen molar-refractivity contribution in [3.63, 3.8) is 0 Å². The Morgan fingerprint density at radius 2 is 1.72 bits per heavy atom. The van der Waals surface area contributed by atoms with E-state index in [0.29, 0.717) is 12.1 Å². The highest BCUT2D eigenvalue weighted by Gasteiger charge is 2.69. The van der Waals surface area contributed by atoms with Crippen molar-refractivity contribution in [1.82, 2.24) is 4.90 Å². The number of Topliss-reactive ketones (excluding diaryl/α,β-unsaturated/α-hetero) is 1. The number of amides is 1. The first kappa shape index (κ1) is 22.6. The molecule has 3 aliphatic rings. The monoisotopic (exact) mass is 481 g/mol. The van der Waals surface area contributed by atoms with Crippen LogP contribution in [-0.4, -0.2) is 34.1 Å². The van der Waals surface area contributed by atoms with Crippen LogP contribution < -0.4 is 5.32 Å². The van der Waals surface area contributed by atoms with E-state index in [-0.39, 0.29) is 29.3 Å². The van der Waals surface area contributed by atoms with Gasteiger partial charge in [0.15, 0.2) is 5.78 Å². The zero-order valence-electron chi connectivity index (χ0n) is 20.2. The van der Waals surface area contributed by atoms with Gasteiger partial charge in [0.05, 0.1) is 10.8 Å². The first-order valence-electron chi connectivity index (χ1n) is 12.4. The number of nitrogens with zero attached hydrogens (tertiary/aromatic N) is 2. The van der Waals surface area contributed by atoms with E-state index in [2.05, 4.69) is 10.2 Å². The third-order valence-corrected chi connectivity index (χ3v) is 8.26. The minimum Gasteiger partial charge on any atom is -0.324 e. The molecule has 3 aromatic rings. The minimum atomic E-state index is -1.13. The highest BCUT2D eigenvalue weighted by Crippen LogP contribution is 2.61. The van der Waals surface area contributed by atoms with Gasteiger partial charge in [-0.1, -0.05) is 59.7 Å². The molecule has 36 heavy (non-hydrogen) atoms. The highest BCUT2D eigenvalue weighted by molar-refractivity contribution is 6.12. The van der Waals surface area contributed by atoms with Crippen molar-refractivity contribution >= 4 is 23.1 Å². The summed E-state index contributed by atoms with van der Waals surface area (Å²) < 4.78 is 0. The number of hydrogen-bond acceptors (Lipinski definition) is 5. The van der Waals surface area contributed by atoms with Crippen LogP contribution in [0, 0.1) is 29.9 Å². The van der Waals surface area contributed by atoms with E-state index in [1.165, 1.54) is 12.1 Å². The number of anilines is 1. The van der Waals surface area contributed by atoms with Crippen LogP contribution in [0.5, 0.6) is 0 Å². The van der Waals surface area contributed by atoms with Crippen molar-refractivity contribution in [1.29, 1.82) is 0 Å². The molecule has 182 valence electrons. The lowest BCUT2D eigenvalue weighted by Gasteiger charge is -2.37. The number of hydrogen-bond donors (Lipinski definition) is 1. The Labute approximate surface area is 209 Å². The van der Waals surface area contributed by atoms with Gasteiger partial charge in [-0.15, -0.1) is 0 Å². The summed E-state index contributed by atoms with van der Waals surface area (Å²) in [7, 11) is 0. The van der Waals surface area contributed by atoms with Crippen molar-refractivity contribution in [2.45, 2.75) is 44.2 Å². The van der Waals surface area contributed by atoms with Crippen LogP contribution >= 0.6 is 0 Å². The molecule has 7 nitrogen and oxygen atoms in total. The van der Waals surface area contributed by atoms with Gasteiger partial charge in [0.1, 0.15) is 5.54 Å². The third kappa shape index (κ3) is 3.09. The molecular weight excluding hydrogens is 454 g/mol. The first-order chi connectivity index (χ1) is 17.3. The summed E-state index contributed by atoms with van der Waals surface area (Å²) in [6.07, 6.45) is 1.78. The van der Waals surface area contributed by atoms with Gasteiger partial charge in [0, 0.05) is 40.9 Å². The van der Waals surface area contributed by atoms with Gasteiger partial charge in [-0.25, -0.2) is 0 Å². The molecule has 3 aliphatic heterocycles. The van der Waals surface area contributed by atoms with Crippen LogP contribution in [0.2, 0.25) is 0 Å². The van der Waals surface area contributed by atoms with Gasteiger partial charge < -0.3 is 5.32 Å². The number of benzene rings is 3. The Balaban J connectivity index is 1.59. The van der Waals surface area contributed by atoms with E-state index in [4.69, 9.17) is 0 Å². The molecule has 2 saturated heterocycles. The number of nitro benzene ring substituents is 1. The number of carbonyl (C=O) groups is 2. The summed E-state index contributed by atoms with van der Waals surface area (Å²) in [6, 6.07) is 20.0. The zero-order valence-corrected chi connectivity index (χ0v) is 20.2. The highest BCUT2D eigenvalue weighted by atomic mass is 16.6. The molecule has 0 saturated carbocycles. The fraction of sp³-hybridized carbons (Fsp3) is 0.310. The summed E-state index contributed by atoms with van der Waals surface area (Å²) in [5.74, 6) is -1.18. The number of non-ortho nitro benzene ring substituents is 1. The quantitative estimate of drug-likeness (QED) is 0.317. The number of rotatable bonds is 4. The number of carbonyl (C=O) groups excluding carboxylic acids is 2. The number of ketones is 1. The van der Waals surface area contributed by atoms with Gasteiger partial charge in [-0.05, 0) is 44.9 Å². The van der Waals surface area contributed by atoms with Crippen molar-refractivity contribution in [3.8, 4) is 0 Å². The van der Waals surface area contributed by atoms with Crippen LogP contribution in [0.4, 0.5) is 11.4 Å². The van der Waals surface area contributed by atoms with Crippen molar-refractivity contribution in [2.24, 2.45) is 5.92 Å². The SMILES string of the molecule is Cc1ccc(C(=O)C2C(c3ccc([N+](=O)[O-])cc3)C3CCCN3[C@@]23C(=O)Nc2ccc(C)cc23)cc1. The van der Waals surface area contributed by atoms with Crippen LogP contribution in [0.15, 0.2) is 66.7 Å². The Hall–Kier alpha value is -3.84. The summed E-state index contributed by atoms with van der Waals surface area (Å²) in [5.41, 5.74) is 4.00. The zero-order chi connectivity index (χ0) is 25.2. The van der Waals surface area contributed by atoms with Gasteiger partial charge in [0.25, 0.3) is 5.69 Å². The predicted octanol–water partition coefficient (Wildman–Crippen LogP) is 5.12. The van der Waals surface area contributed by atoms with E-state index >= 15 is 0 Å². The molecule has 1 amide bonds. The molecule has 3 heterocycles. The van der Waals surface area contributed by atoms with E-state index in [9.17, 15) is 19.7 Å². The van der Waals surface area contributed by atoms with Crippen molar-refractivity contribution < 1.29 is 14.5 Å². The Morgan fingerprint density at radius 3 is 2.42 bits per heavy atom. The minimum absolute atomic E-state index is 0.00993. The third-order valence-electron chi connectivity index (χ3n) is 8.26. The average Bonchev–Trinajstić information content (AvgIpc) is 3.52. The van der Waals surface area contributed by atoms with Crippen molar-refractivity contribution in [2.75, 3.05) is 11.9 Å². The molecule has 0 aliphatic carbocycles. The summed E-state index contributed by atoms with van der Waals surface area (Å²) in [6.45, 7) is 4.69. The second-order valence-electron chi connectivity index (χ2n) is 10.3.